The van der Waals surface area contributed by atoms with E-state index in [1.807, 2.05) is 44.0 Å². The Morgan fingerprint density at radius 1 is 1.14 bits per heavy atom. The van der Waals surface area contributed by atoms with E-state index in [4.69, 9.17) is 0 Å². The molecule has 0 aliphatic carbocycles. The molecule has 2 aliphatic heterocycles. The van der Waals surface area contributed by atoms with E-state index < -0.39 is 5.66 Å². The van der Waals surface area contributed by atoms with E-state index in [0.717, 1.165) is 16.8 Å². The summed E-state index contributed by atoms with van der Waals surface area (Å²) in [6.45, 7) is 4.93. The minimum absolute atomic E-state index is 0.148. The SMILES string of the molecule is Cc1ccc(C)c(NC(=O)N2CCC3(CC2)NC(=O)c2ccc(F)cc2N3C)c1. The van der Waals surface area contributed by atoms with Gasteiger partial charge in [-0.25, -0.2) is 9.18 Å². The van der Waals surface area contributed by atoms with Crippen molar-refractivity contribution in [2.24, 2.45) is 0 Å². The van der Waals surface area contributed by atoms with Crippen molar-refractivity contribution in [2.75, 3.05) is 30.4 Å². The summed E-state index contributed by atoms with van der Waals surface area (Å²) in [6.07, 6.45) is 1.12. The van der Waals surface area contributed by atoms with Crippen LogP contribution in [-0.2, 0) is 0 Å². The minimum atomic E-state index is -0.617. The number of hydrogen-bond acceptors (Lipinski definition) is 3. The number of hydrogen-bond donors (Lipinski definition) is 2. The van der Waals surface area contributed by atoms with Crippen molar-refractivity contribution in [2.45, 2.75) is 32.4 Å². The second-order valence-electron chi connectivity index (χ2n) is 7.94. The zero-order chi connectivity index (χ0) is 20.8. The molecule has 4 rings (SSSR count). The number of nitrogens with zero attached hydrogens (tertiary/aromatic N) is 2. The summed E-state index contributed by atoms with van der Waals surface area (Å²) in [5.41, 5.74) is 3.34. The van der Waals surface area contributed by atoms with Gasteiger partial charge in [-0.15, -0.1) is 0 Å². The number of amides is 3. The lowest BCUT2D eigenvalue weighted by Gasteiger charge is -2.51. The predicted molar refractivity (Wildman–Crippen MR) is 111 cm³/mol. The van der Waals surface area contributed by atoms with Gasteiger partial charge in [-0.3, -0.25) is 4.79 Å². The number of nitrogens with one attached hydrogen (secondary N) is 2. The van der Waals surface area contributed by atoms with Crippen molar-refractivity contribution in [3.05, 3.63) is 58.9 Å². The highest BCUT2D eigenvalue weighted by Gasteiger charge is 2.45. The summed E-state index contributed by atoms with van der Waals surface area (Å²) in [5, 5.41) is 6.08. The van der Waals surface area contributed by atoms with Crippen molar-refractivity contribution in [3.63, 3.8) is 0 Å². The van der Waals surface area contributed by atoms with Gasteiger partial charge >= 0.3 is 6.03 Å². The van der Waals surface area contributed by atoms with Crippen LogP contribution in [0.2, 0.25) is 0 Å². The highest BCUT2D eigenvalue weighted by Crippen LogP contribution is 2.36. The number of halogens is 1. The predicted octanol–water partition coefficient (Wildman–Crippen LogP) is 3.65. The van der Waals surface area contributed by atoms with E-state index in [0.29, 0.717) is 37.2 Å². The normalized spacial score (nSPS) is 17.7. The quantitative estimate of drug-likeness (QED) is 0.773. The molecule has 0 radical (unpaired) electrons. The highest BCUT2D eigenvalue weighted by atomic mass is 19.1. The number of piperidine rings is 1. The van der Waals surface area contributed by atoms with Crippen molar-refractivity contribution >= 4 is 23.3 Å². The molecule has 1 saturated heterocycles. The smallest absolute Gasteiger partial charge is 0.321 e. The molecule has 6 nitrogen and oxygen atoms in total. The van der Waals surface area contributed by atoms with Gasteiger partial charge in [-0.05, 0) is 49.2 Å². The summed E-state index contributed by atoms with van der Waals surface area (Å²) in [5.74, 6) is -0.572. The topological polar surface area (TPSA) is 64.7 Å². The maximum absolute atomic E-state index is 13.8. The molecule has 0 saturated carbocycles. The Morgan fingerprint density at radius 2 is 1.86 bits per heavy atom. The van der Waals surface area contributed by atoms with Gasteiger partial charge in [0.05, 0.1) is 11.3 Å². The van der Waals surface area contributed by atoms with Crippen LogP contribution < -0.4 is 15.5 Å². The second kappa shape index (κ2) is 7.06. The van der Waals surface area contributed by atoms with E-state index in [9.17, 15) is 14.0 Å². The summed E-state index contributed by atoms with van der Waals surface area (Å²) in [7, 11) is 1.86. The van der Waals surface area contributed by atoms with Gasteiger partial charge in [0, 0.05) is 38.7 Å². The number of carbonyl (C=O) groups is 2. The summed E-state index contributed by atoms with van der Waals surface area (Å²) >= 11 is 0. The van der Waals surface area contributed by atoms with Crippen LogP contribution in [0.1, 0.15) is 34.3 Å². The van der Waals surface area contributed by atoms with Crippen molar-refractivity contribution < 1.29 is 14.0 Å². The molecule has 152 valence electrons. The standard InChI is InChI=1S/C22H25FN4O2/c1-14-4-5-15(2)18(12-14)24-21(29)27-10-8-22(9-11-27)25-20(28)17-7-6-16(23)13-19(17)26(22)3/h4-7,12-13H,8-11H2,1-3H3,(H,24,29)(H,25,28). The minimum Gasteiger partial charge on any atom is -0.351 e. The molecule has 0 bridgehead atoms. The lowest BCUT2D eigenvalue weighted by atomic mass is 9.90. The van der Waals surface area contributed by atoms with Crippen LogP contribution in [-0.4, -0.2) is 42.6 Å². The van der Waals surface area contributed by atoms with Crippen LogP contribution in [0.15, 0.2) is 36.4 Å². The zero-order valence-electron chi connectivity index (χ0n) is 16.9. The molecular weight excluding hydrogens is 371 g/mol. The van der Waals surface area contributed by atoms with Crippen LogP contribution in [0.25, 0.3) is 0 Å². The Morgan fingerprint density at radius 3 is 2.59 bits per heavy atom. The number of benzene rings is 2. The molecule has 0 atom stereocenters. The average molecular weight is 396 g/mol. The molecule has 2 aromatic carbocycles. The number of rotatable bonds is 1. The third kappa shape index (κ3) is 3.41. The van der Waals surface area contributed by atoms with Gasteiger partial charge < -0.3 is 20.4 Å². The molecule has 1 fully saturated rings. The first-order valence-electron chi connectivity index (χ1n) is 9.78. The number of aryl methyl sites for hydroxylation is 2. The molecule has 2 aliphatic rings. The highest BCUT2D eigenvalue weighted by molar-refractivity contribution is 6.02. The van der Waals surface area contributed by atoms with Gasteiger partial charge in [-0.1, -0.05) is 12.1 Å². The zero-order valence-corrected chi connectivity index (χ0v) is 16.9. The monoisotopic (exact) mass is 396 g/mol. The number of fused-ring (bicyclic) bond motifs is 1. The molecule has 2 heterocycles. The Bertz CT molecular complexity index is 983. The molecule has 3 amide bonds. The number of likely N-dealkylation sites (tertiary alicyclic amines) is 1. The van der Waals surface area contributed by atoms with Crippen molar-refractivity contribution in [1.82, 2.24) is 10.2 Å². The molecule has 7 heteroatoms. The summed E-state index contributed by atoms with van der Waals surface area (Å²) in [6, 6.07) is 10.0. The number of anilines is 2. The fourth-order valence-electron chi connectivity index (χ4n) is 4.17. The fourth-order valence-corrected chi connectivity index (χ4v) is 4.17. The van der Waals surface area contributed by atoms with Crippen molar-refractivity contribution in [1.29, 1.82) is 0 Å². The lowest BCUT2D eigenvalue weighted by molar-refractivity contribution is 0.0815. The maximum atomic E-state index is 13.8. The van der Waals surface area contributed by atoms with E-state index in [1.165, 1.54) is 18.2 Å². The molecule has 2 N–H and O–H groups in total. The second-order valence-corrected chi connectivity index (χ2v) is 7.94. The van der Waals surface area contributed by atoms with Gasteiger partial charge in [0.1, 0.15) is 11.5 Å². The van der Waals surface area contributed by atoms with Crippen LogP contribution >= 0.6 is 0 Å². The van der Waals surface area contributed by atoms with E-state index in [-0.39, 0.29) is 17.8 Å². The van der Waals surface area contributed by atoms with E-state index >= 15 is 0 Å². The van der Waals surface area contributed by atoms with Crippen molar-refractivity contribution in [3.8, 4) is 0 Å². The Balaban J connectivity index is 1.48. The molecule has 0 aromatic heterocycles. The first kappa shape index (κ1) is 19.2. The third-order valence-corrected chi connectivity index (χ3v) is 6.07. The molecule has 2 aromatic rings. The van der Waals surface area contributed by atoms with Crippen LogP contribution in [0.4, 0.5) is 20.6 Å². The van der Waals surface area contributed by atoms with Crippen LogP contribution in [0.3, 0.4) is 0 Å². The largest absolute Gasteiger partial charge is 0.351 e. The number of carbonyl (C=O) groups excluding carboxylic acids is 2. The molecule has 0 unspecified atom stereocenters. The first-order valence-corrected chi connectivity index (χ1v) is 9.78. The maximum Gasteiger partial charge on any atom is 0.321 e. The van der Waals surface area contributed by atoms with Gasteiger partial charge in [-0.2, -0.15) is 0 Å². The van der Waals surface area contributed by atoms with E-state index in [1.54, 1.807) is 4.90 Å². The van der Waals surface area contributed by atoms with Gasteiger partial charge in [0.25, 0.3) is 5.91 Å². The third-order valence-electron chi connectivity index (χ3n) is 6.07. The molecular formula is C22H25FN4O2. The van der Waals surface area contributed by atoms with E-state index in [2.05, 4.69) is 10.6 Å². The first-order chi connectivity index (χ1) is 13.8. The Hall–Kier alpha value is -3.09. The average Bonchev–Trinajstić information content (AvgIpc) is 2.69. The van der Waals surface area contributed by atoms with Crippen LogP contribution in [0, 0.1) is 19.7 Å². The van der Waals surface area contributed by atoms with Gasteiger partial charge in [0.2, 0.25) is 0 Å². The van der Waals surface area contributed by atoms with Crippen LogP contribution in [0.5, 0.6) is 0 Å². The van der Waals surface area contributed by atoms with Gasteiger partial charge in [0.15, 0.2) is 0 Å². The summed E-state index contributed by atoms with van der Waals surface area (Å²) in [4.78, 5) is 29.0. The summed E-state index contributed by atoms with van der Waals surface area (Å²) < 4.78 is 13.8. The number of urea groups is 1. The fraction of sp³-hybridized carbons (Fsp3) is 0.364. The lowest BCUT2D eigenvalue weighted by Crippen LogP contribution is -2.67. The Kier molecular flexibility index (Phi) is 4.68. The molecule has 1 spiro atoms. The molecule has 29 heavy (non-hydrogen) atoms. The Labute approximate surface area is 169 Å².